The second-order valence-corrected chi connectivity index (χ2v) is 5.05. The van der Waals surface area contributed by atoms with E-state index in [1.54, 1.807) is 12.1 Å². The van der Waals surface area contributed by atoms with E-state index >= 15 is 0 Å². The number of nitrogens with one attached hydrogen (secondary N) is 2. The van der Waals surface area contributed by atoms with Crippen LogP contribution in [0.1, 0.15) is 24.8 Å². The van der Waals surface area contributed by atoms with Gasteiger partial charge >= 0.3 is 0 Å². The van der Waals surface area contributed by atoms with E-state index in [2.05, 4.69) is 10.6 Å². The summed E-state index contributed by atoms with van der Waals surface area (Å²) in [5, 5.41) is 6.90. The molecule has 0 aromatic heterocycles. The fraction of sp³-hybridized carbons (Fsp3) is 0.600. The molecule has 106 valence electrons. The molecule has 1 aliphatic rings. The molecule has 1 fully saturated rings. The van der Waals surface area contributed by atoms with Gasteiger partial charge in [-0.25, -0.2) is 4.39 Å². The molecule has 1 atom stereocenters. The third-order valence-electron chi connectivity index (χ3n) is 3.64. The minimum atomic E-state index is -0.282. The second-order valence-electron chi connectivity index (χ2n) is 5.05. The summed E-state index contributed by atoms with van der Waals surface area (Å²) in [7, 11) is 1.48. The van der Waals surface area contributed by atoms with Crippen LogP contribution in [0.3, 0.4) is 0 Å². The van der Waals surface area contributed by atoms with Crippen molar-refractivity contribution in [3.63, 3.8) is 0 Å². The van der Waals surface area contributed by atoms with Crippen molar-refractivity contribution in [3.8, 4) is 5.75 Å². The van der Waals surface area contributed by atoms with Crippen LogP contribution in [0.2, 0.25) is 0 Å². The zero-order chi connectivity index (χ0) is 13.5. The molecule has 1 saturated heterocycles. The lowest BCUT2D eigenvalue weighted by Crippen LogP contribution is -2.28. The van der Waals surface area contributed by atoms with E-state index in [9.17, 15) is 4.39 Å². The zero-order valence-electron chi connectivity index (χ0n) is 11.5. The molecule has 0 bridgehead atoms. The number of hydrogen-bond acceptors (Lipinski definition) is 3. The van der Waals surface area contributed by atoms with Crippen molar-refractivity contribution in [2.45, 2.75) is 31.7 Å². The van der Waals surface area contributed by atoms with Crippen molar-refractivity contribution < 1.29 is 9.13 Å². The first-order valence-corrected chi connectivity index (χ1v) is 7.06. The van der Waals surface area contributed by atoms with Gasteiger partial charge in [0.05, 0.1) is 7.11 Å². The predicted molar refractivity (Wildman–Crippen MR) is 75.2 cm³/mol. The van der Waals surface area contributed by atoms with E-state index in [-0.39, 0.29) is 5.82 Å². The summed E-state index contributed by atoms with van der Waals surface area (Å²) >= 11 is 0. The summed E-state index contributed by atoms with van der Waals surface area (Å²) in [6.07, 6.45) is 4.62. The average molecular weight is 266 g/mol. The smallest absolute Gasteiger partial charge is 0.165 e. The van der Waals surface area contributed by atoms with Gasteiger partial charge in [-0.2, -0.15) is 0 Å². The fourth-order valence-corrected chi connectivity index (χ4v) is 2.50. The van der Waals surface area contributed by atoms with Crippen LogP contribution in [0.15, 0.2) is 18.2 Å². The molecule has 4 heteroatoms. The maximum atomic E-state index is 13.5. The van der Waals surface area contributed by atoms with Crippen LogP contribution in [0.4, 0.5) is 4.39 Å². The van der Waals surface area contributed by atoms with Crippen LogP contribution < -0.4 is 15.4 Å². The van der Waals surface area contributed by atoms with Gasteiger partial charge in [0, 0.05) is 6.04 Å². The SMILES string of the molecule is COc1ccc(CCNCCC2CCCN2)cc1F. The lowest BCUT2D eigenvalue weighted by molar-refractivity contribution is 0.386. The molecule has 2 rings (SSSR count). The molecule has 19 heavy (non-hydrogen) atoms. The summed E-state index contributed by atoms with van der Waals surface area (Å²) < 4.78 is 18.4. The Morgan fingerprint density at radius 2 is 2.32 bits per heavy atom. The first-order valence-electron chi connectivity index (χ1n) is 7.06. The van der Waals surface area contributed by atoms with Crippen molar-refractivity contribution in [3.05, 3.63) is 29.6 Å². The molecule has 1 aromatic carbocycles. The van der Waals surface area contributed by atoms with Gasteiger partial charge in [-0.05, 0) is 63.0 Å². The third-order valence-corrected chi connectivity index (χ3v) is 3.64. The van der Waals surface area contributed by atoms with Gasteiger partial charge in [-0.15, -0.1) is 0 Å². The maximum Gasteiger partial charge on any atom is 0.165 e. The number of benzene rings is 1. The Hall–Kier alpha value is -1.13. The minimum Gasteiger partial charge on any atom is -0.494 e. The van der Waals surface area contributed by atoms with E-state index in [4.69, 9.17) is 4.74 Å². The van der Waals surface area contributed by atoms with Gasteiger partial charge in [0.1, 0.15) is 0 Å². The summed E-state index contributed by atoms with van der Waals surface area (Å²) in [4.78, 5) is 0. The molecule has 1 aromatic rings. The Labute approximate surface area is 114 Å². The number of methoxy groups -OCH3 is 1. The Morgan fingerprint density at radius 1 is 1.42 bits per heavy atom. The first kappa shape index (κ1) is 14.3. The lowest BCUT2D eigenvalue weighted by Gasteiger charge is -2.11. The predicted octanol–water partition coefficient (Wildman–Crippen LogP) is 2.11. The summed E-state index contributed by atoms with van der Waals surface area (Å²) in [6, 6.07) is 5.85. The third kappa shape index (κ3) is 4.48. The first-order chi connectivity index (χ1) is 9.29. The van der Waals surface area contributed by atoms with E-state index in [0.29, 0.717) is 11.8 Å². The Balaban J connectivity index is 1.63. The topological polar surface area (TPSA) is 33.3 Å². The molecule has 0 spiro atoms. The van der Waals surface area contributed by atoms with Crippen LogP contribution in [0.5, 0.6) is 5.75 Å². The quantitative estimate of drug-likeness (QED) is 0.742. The van der Waals surface area contributed by atoms with Crippen LogP contribution in [-0.2, 0) is 6.42 Å². The van der Waals surface area contributed by atoms with Crippen molar-refractivity contribution >= 4 is 0 Å². The highest BCUT2D eigenvalue weighted by atomic mass is 19.1. The standard InChI is InChI=1S/C15H23FN2O/c1-19-15-5-4-12(11-14(15)16)6-9-17-10-7-13-3-2-8-18-13/h4-5,11,13,17-18H,2-3,6-10H2,1H3. The number of rotatable bonds is 7. The van der Waals surface area contributed by atoms with E-state index in [0.717, 1.165) is 31.6 Å². The van der Waals surface area contributed by atoms with Crippen LogP contribution in [0.25, 0.3) is 0 Å². The average Bonchev–Trinajstić information content (AvgIpc) is 2.92. The minimum absolute atomic E-state index is 0.282. The molecular weight excluding hydrogens is 243 g/mol. The molecule has 1 aliphatic heterocycles. The summed E-state index contributed by atoms with van der Waals surface area (Å²) in [6.45, 7) is 3.07. The van der Waals surface area contributed by atoms with Gasteiger partial charge in [0.25, 0.3) is 0 Å². The van der Waals surface area contributed by atoms with Crippen LogP contribution >= 0.6 is 0 Å². The van der Waals surface area contributed by atoms with Gasteiger partial charge in [0.2, 0.25) is 0 Å². The Bertz CT molecular complexity index is 392. The normalized spacial score (nSPS) is 18.7. The summed E-state index contributed by atoms with van der Waals surface area (Å²) in [5.74, 6) is 0.0270. The van der Waals surface area contributed by atoms with E-state index in [1.165, 1.54) is 26.4 Å². The molecular formula is C15H23FN2O. The van der Waals surface area contributed by atoms with E-state index in [1.807, 2.05) is 6.07 Å². The van der Waals surface area contributed by atoms with Crippen molar-refractivity contribution in [1.29, 1.82) is 0 Å². The highest BCUT2D eigenvalue weighted by molar-refractivity contribution is 5.29. The summed E-state index contributed by atoms with van der Waals surface area (Å²) in [5.41, 5.74) is 1.00. The van der Waals surface area contributed by atoms with Crippen molar-refractivity contribution in [2.75, 3.05) is 26.7 Å². The van der Waals surface area contributed by atoms with Crippen LogP contribution in [-0.4, -0.2) is 32.8 Å². The largest absolute Gasteiger partial charge is 0.494 e. The van der Waals surface area contributed by atoms with Gasteiger partial charge in [0.15, 0.2) is 11.6 Å². The van der Waals surface area contributed by atoms with Crippen molar-refractivity contribution in [2.24, 2.45) is 0 Å². The fourth-order valence-electron chi connectivity index (χ4n) is 2.50. The number of hydrogen-bond donors (Lipinski definition) is 2. The zero-order valence-corrected chi connectivity index (χ0v) is 11.5. The number of halogens is 1. The Morgan fingerprint density at radius 3 is 3.00 bits per heavy atom. The molecule has 3 nitrogen and oxygen atoms in total. The molecule has 0 aliphatic carbocycles. The lowest BCUT2D eigenvalue weighted by atomic mass is 10.1. The monoisotopic (exact) mass is 266 g/mol. The molecule has 0 saturated carbocycles. The van der Waals surface area contributed by atoms with Gasteiger partial charge in [-0.3, -0.25) is 0 Å². The van der Waals surface area contributed by atoms with Crippen LogP contribution in [0, 0.1) is 5.82 Å². The highest BCUT2D eigenvalue weighted by Crippen LogP contribution is 2.17. The van der Waals surface area contributed by atoms with E-state index < -0.39 is 0 Å². The highest BCUT2D eigenvalue weighted by Gasteiger charge is 2.12. The molecule has 1 heterocycles. The molecule has 0 amide bonds. The number of ether oxygens (including phenoxy) is 1. The van der Waals surface area contributed by atoms with Gasteiger partial charge < -0.3 is 15.4 Å². The molecule has 0 radical (unpaired) electrons. The molecule has 1 unspecified atom stereocenters. The maximum absolute atomic E-state index is 13.5. The second kappa shape index (κ2) is 7.46. The van der Waals surface area contributed by atoms with Crippen molar-refractivity contribution in [1.82, 2.24) is 10.6 Å². The van der Waals surface area contributed by atoms with Gasteiger partial charge in [-0.1, -0.05) is 6.07 Å². The molecule has 2 N–H and O–H groups in total. The Kier molecular flexibility index (Phi) is 5.61.